The summed E-state index contributed by atoms with van der Waals surface area (Å²) in [5, 5.41) is 12.5. The molecule has 0 bridgehead atoms. The minimum atomic E-state index is -0.754. The van der Waals surface area contributed by atoms with Crippen LogP contribution < -0.4 is 14.4 Å². The van der Waals surface area contributed by atoms with E-state index in [2.05, 4.69) is 0 Å². The Hall–Kier alpha value is -3.58. The van der Waals surface area contributed by atoms with Gasteiger partial charge >= 0.3 is 0 Å². The van der Waals surface area contributed by atoms with Crippen LogP contribution in [-0.2, 0) is 4.79 Å². The summed E-state index contributed by atoms with van der Waals surface area (Å²) in [6, 6.07) is 17.1. The van der Waals surface area contributed by atoms with E-state index in [-0.39, 0.29) is 11.4 Å². The number of carbonyl (C=O) groups is 2. The summed E-state index contributed by atoms with van der Waals surface area (Å²) in [5.41, 5.74) is 1.31. The number of carbonyl (C=O) groups excluding carboxylic acids is 2. The van der Waals surface area contributed by atoms with Gasteiger partial charge in [0, 0.05) is 11.8 Å². The second-order valence-electron chi connectivity index (χ2n) is 6.89. The number of ketones is 1. The van der Waals surface area contributed by atoms with Crippen LogP contribution in [0, 0.1) is 0 Å². The quantitative estimate of drug-likeness (QED) is 0.638. The van der Waals surface area contributed by atoms with Gasteiger partial charge < -0.3 is 14.6 Å². The number of fused-ring (bicyclic) bond motifs is 1. The highest BCUT2D eigenvalue weighted by atomic mass is 32.1. The molecule has 6 nitrogen and oxygen atoms in total. The third kappa shape index (κ3) is 2.95. The first kappa shape index (κ1) is 18.4. The van der Waals surface area contributed by atoms with E-state index in [9.17, 15) is 14.7 Å². The third-order valence-electron chi connectivity index (χ3n) is 5.12. The number of benzene rings is 2. The number of Topliss-reactive ketones (excluding diaryl/α,β-unsaturated/α-hetero) is 1. The van der Waals surface area contributed by atoms with Gasteiger partial charge in [0.2, 0.25) is 5.78 Å². The molecule has 0 fully saturated rings. The Morgan fingerprint density at radius 3 is 2.50 bits per heavy atom. The highest BCUT2D eigenvalue weighted by Crippen LogP contribution is 2.44. The van der Waals surface area contributed by atoms with Crippen molar-refractivity contribution in [3.63, 3.8) is 0 Å². The summed E-state index contributed by atoms with van der Waals surface area (Å²) in [6.45, 7) is 0.877. The normalized spacial score (nSPS) is 18.1. The van der Waals surface area contributed by atoms with E-state index in [1.165, 1.54) is 16.2 Å². The molecule has 0 saturated carbocycles. The average molecular weight is 419 g/mol. The number of hydrogen-bond donors (Lipinski definition) is 1. The predicted octanol–water partition coefficient (Wildman–Crippen LogP) is 4.30. The number of thiophene rings is 1. The Balaban J connectivity index is 1.64. The van der Waals surface area contributed by atoms with Crippen molar-refractivity contribution in [1.82, 2.24) is 0 Å². The SMILES string of the molecule is O=C(C1=C(O)C(=O)N(c2ccc3c(c2)OCCO3)C1c1ccccc1)c1cccs1. The fourth-order valence-corrected chi connectivity index (χ4v) is 4.45. The lowest BCUT2D eigenvalue weighted by Gasteiger charge is -2.28. The van der Waals surface area contributed by atoms with Crippen molar-refractivity contribution in [2.75, 3.05) is 18.1 Å². The number of anilines is 1. The van der Waals surface area contributed by atoms with Gasteiger partial charge in [-0.3, -0.25) is 14.5 Å². The molecular formula is C23H17NO5S. The summed E-state index contributed by atoms with van der Waals surface area (Å²) in [6.07, 6.45) is 0. The number of nitrogens with zero attached hydrogens (tertiary/aromatic N) is 1. The van der Waals surface area contributed by atoms with Gasteiger partial charge in [0.1, 0.15) is 13.2 Å². The molecule has 3 heterocycles. The smallest absolute Gasteiger partial charge is 0.294 e. The van der Waals surface area contributed by atoms with Gasteiger partial charge in [-0.05, 0) is 29.1 Å². The van der Waals surface area contributed by atoms with E-state index < -0.39 is 17.7 Å². The lowest BCUT2D eigenvalue weighted by Crippen LogP contribution is -2.31. The Kier molecular flexibility index (Phi) is 4.52. The van der Waals surface area contributed by atoms with Crippen LogP contribution in [0.3, 0.4) is 0 Å². The lowest BCUT2D eigenvalue weighted by atomic mass is 9.95. The van der Waals surface area contributed by atoms with E-state index in [0.717, 1.165) is 5.56 Å². The second-order valence-corrected chi connectivity index (χ2v) is 7.83. The Morgan fingerprint density at radius 2 is 1.77 bits per heavy atom. The molecule has 1 unspecified atom stereocenters. The molecule has 150 valence electrons. The van der Waals surface area contributed by atoms with E-state index in [0.29, 0.717) is 35.3 Å². The summed E-state index contributed by atoms with van der Waals surface area (Å²) in [7, 11) is 0. The molecule has 2 aromatic carbocycles. The summed E-state index contributed by atoms with van der Waals surface area (Å²) >= 11 is 1.27. The van der Waals surface area contributed by atoms with Gasteiger partial charge in [-0.1, -0.05) is 36.4 Å². The van der Waals surface area contributed by atoms with Crippen molar-refractivity contribution in [3.05, 3.63) is 87.8 Å². The fraction of sp³-hybridized carbons (Fsp3) is 0.130. The zero-order chi connectivity index (χ0) is 20.7. The van der Waals surface area contributed by atoms with Gasteiger partial charge in [-0.2, -0.15) is 0 Å². The molecule has 7 heteroatoms. The van der Waals surface area contributed by atoms with Crippen molar-refractivity contribution in [3.8, 4) is 11.5 Å². The molecule has 1 atom stereocenters. The van der Waals surface area contributed by atoms with E-state index >= 15 is 0 Å². The first-order valence-corrected chi connectivity index (χ1v) is 10.3. The largest absolute Gasteiger partial charge is 0.503 e. The van der Waals surface area contributed by atoms with Crippen LogP contribution in [0.1, 0.15) is 21.3 Å². The van der Waals surface area contributed by atoms with Crippen LogP contribution >= 0.6 is 11.3 Å². The van der Waals surface area contributed by atoms with Gasteiger partial charge in [-0.15, -0.1) is 11.3 Å². The van der Waals surface area contributed by atoms with Gasteiger partial charge in [-0.25, -0.2) is 0 Å². The zero-order valence-corrected chi connectivity index (χ0v) is 16.6. The molecular weight excluding hydrogens is 402 g/mol. The maximum absolute atomic E-state index is 13.2. The number of hydrogen-bond acceptors (Lipinski definition) is 6. The lowest BCUT2D eigenvalue weighted by molar-refractivity contribution is -0.117. The Labute approximate surface area is 176 Å². The number of ether oxygens (including phenoxy) is 2. The predicted molar refractivity (Wildman–Crippen MR) is 112 cm³/mol. The maximum atomic E-state index is 13.2. The number of rotatable bonds is 4. The molecule has 2 aliphatic rings. The molecule has 1 N–H and O–H groups in total. The van der Waals surface area contributed by atoms with Crippen molar-refractivity contribution < 1.29 is 24.2 Å². The summed E-state index contributed by atoms with van der Waals surface area (Å²) in [5.74, 6) is -0.391. The first-order valence-electron chi connectivity index (χ1n) is 9.44. The standard InChI is InChI=1S/C23H17NO5S/c25-21(18-7-4-12-30-18)19-20(14-5-2-1-3-6-14)24(23(27)22(19)26)15-8-9-16-17(13-15)29-11-10-28-16/h1-9,12-13,20,26H,10-11H2. The van der Waals surface area contributed by atoms with Gasteiger partial charge in [0.15, 0.2) is 17.3 Å². The van der Waals surface area contributed by atoms with E-state index in [1.54, 1.807) is 35.7 Å². The molecule has 3 aromatic rings. The zero-order valence-electron chi connectivity index (χ0n) is 15.8. The molecule has 0 radical (unpaired) electrons. The molecule has 0 saturated heterocycles. The minimum Gasteiger partial charge on any atom is -0.503 e. The molecule has 30 heavy (non-hydrogen) atoms. The Morgan fingerprint density at radius 1 is 1.00 bits per heavy atom. The molecule has 1 amide bonds. The summed E-state index contributed by atoms with van der Waals surface area (Å²) < 4.78 is 11.2. The van der Waals surface area contributed by atoms with Crippen molar-refractivity contribution >= 4 is 28.7 Å². The molecule has 1 aromatic heterocycles. The highest BCUT2D eigenvalue weighted by molar-refractivity contribution is 7.12. The van der Waals surface area contributed by atoms with Crippen molar-refractivity contribution in [2.24, 2.45) is 0 Å². The van der Waals surface area contributed by atoms with E-state index in [1.807, 2.05) is 30.3 Å². The van der Waals surface area contributed by atoms with Crippen LogP contribution in [0.2, 0.25) is 0 Å². The number of amides is 1. The molecule has 0 aliphatic carbocycles. The second kappa shape index (κ2) is 7.35. The summed E-state index contributed by atoms with van der Waals surface area (Å²) in [4.78, 5) is 28.3. The van der Waals surface area contributed by atoms with E-state index in [4.69, 9.17) is 9.47 Å². The van der Waals surface area contributed by atoms with Crippen molar-refractivity contribution in [1.29, 1.82) is 0 Å². The fourth-order valence-electron chi connectivity index (χ4n) is 3.78. The monoisotopic (exact) mass is 419 g/mol. The van der Waals surface area contributed by atoms with Crippen LogP contribution in [0.25, 0.3) is 0 Å². The topological polar surface area (TPSA) is 76.1 Å². The first-order chi connectivity index (χ1) is 14.6. The average Bonchev–Trinajstić information content (AvgIpc) is 3.41. The van der Waals surface area contributed by atoms with Crippen LogP contribution in [0.4, 0.5) is 5.69 Å². The van der Waals surface area contributed by atoms with Crippen LogP contribution in [0.5, 0.6) is 11.5 Å². The minimum absolute atomic E-state index is 0.0727. The Bertz CT molecular complexity index is 1150. The van der Waals surface area contributed by atoms with Gasteiger partial charge in [0.25, 0.3) is 5.91 Å². The maximum Gasteiger partial charge on any atom is 0.294 e. The highest BCUT2D eigenvalue weighted by Gasteiger charge is 2.45. The molecule has 5 rings (SSSR count). The third-order valence-corrected chi connectivity index (χ3v) is 5.99. The molecule has 2 aliphatic heterocycles. The number of aliphatic hydroxyl groups is 1. The molecule has 0 spiro atoms. The van der Waals surface area contributed by atoms with Crippen molar-refractivity contribution in [2.45, 2.75) is 6.04 Å². The van der Waals surface area contributed by atoms with Crippen LogP contribution in [-0.4, -0.2) is 30.0 Å². The van der Waals surface area contributed by atoms with Gasteiger partial charge in [0.05, 0.1) is 16.5 Å². The number of aliphatic hydroxyl groups excluding tert-OH is 1. The van der Waals surface area contributed by atoms with Crippen LogP contribution in [0.15, 0.2) is 77.4 Å².